The Kier molecular flexibility index (Phi) is 5.36. The number of rotatable bonds is 5. The lowest BCUT2D eigenvalue weighted by Gasteiger charge is -2.35. The van der Waals surface area contributed by atoms with Crippen molar-refractivity contribution in [1.29, 1.82) is 0 Å². The van der Waals surface area contributed by atoms with Crippen LogP contribution < -0.4 is 0 Å². The summed E-state index contributed by atoms with van der Waals surface area (Å²) in [6.07, 6.45) is 6.18. The van der Waals surface area contributed by atoms with Gasteiger partial charge in [0.2, 0.25) is 11.8 Å². The number of carbonyl (C=O) groups is 2. The highest BCUT2D eigenvalue weighted by atomic mass is 32.2. The summed E-state index contributed by atoms with van der Waals surface area (Å²) in [5.41, 5.74) is 0. The van der Waals surface area contributed by atoms with Crippen molar-refractivity contribution >= 4 is 34.9 Å². The minimum Gasteiger partial charge on any atom is -0.339 e. The summed E-state index contributed by atoms with van der Waals surface area (Å²) in [5, 5.41) is 2.78. The Morgan fingerprint density at radius 1 is 1.12 bits per heavy atom. The van der Waals surface area contributed by atoms with Crippen molar-refractivity contribution < 1.29 is 9.59 Å². The maximum atomic E-state index is 12.7. The van der Waals surface area contributed by atoms with Crippen LogP contribution in [0.1, 0.15) is 42.9 Å². The number of carbonyl (C=O) groups excluding carboxylic acids is 2. The van der Waals surface area contributed by atoms with E-state index in [4.69, 9.17) is 0 Å². The Hall–Kier alpha value is -1.01. The molecule has 2 atom stereocenters. The normalized spacial score (nSPS) is 26.9. The Labute approximate surface area is 157 Å². The number of amides is 2. The smallest absolute Gasteiger partial charge is 0.232 e. The predicted octanol–water partition coefficient (Wildman–Crippen LogP) is 3.20. The molecular formula is C19H26N2O2S2. The van der Waals surface area contributed by atoms with Gasteiger partial charge in [0.15, 0.2) is 0 Å². The third-order valence-electron chi connectivity index (χ3n) is 5.71. The van der Waals surface area contributed by atoms with Crippen molar-refractivity contribution in [3.63, 3.8) is 0 Å². The van der Waals surface area contributed by atoms with Crippen LogP contribution in [0.25, 0.3) is 0 Å². The van der Waals surface area contributed by atoms with Gasteiger partial charge in [0, 0.05) is 48.1 Å². The molecule has 1 aromatic rings. The van der Waals surface area contributed by atoms with Gasteiger partial charge < -0.3 is 9.80 Å². The van der Waals surface area contributed by atoms with Gasteiger partial charge in [0.25, 0.3) is 0 Å². The fraction of sp³-hybridized carbons (Fsp3) is 0.684. The number of thioether (sulfide) groups is 1. The van der Waals surface area contributed by atoms with Crippen molar-refractivity contribution in [3.8, 4) is 0 Å². The minimum atomic E-state index is 0.179. The molecule has 0 spiro atoms. The first-order valence-corrected chi connectivity index (χ1v) is 11.4. The van der Waals surface area contributed by atoms with Gasteiger partial charge in [-0.05, 0) is 30.7 Å². The van der Waals surface area contributed by atoms with E-state index in [0.29, 0.717) is 49.0 Å². The number of hydrogen-bond acceptors (Lipinski definition) is 4. The van der Waals surface area contributed by atoms with E-state index in [9.17, 15) is 9.59 Å². The molecule has 2 saturated carbocycles. The maximum absolute atomic E-state index is 12.7. The number of nitrogens with zero attached hydrogens (tertiary/aromatic N) is 2. The fourth-order valence-electron chi connectivity index (χ4n) is 4.03. The van der Waals surface area contributed by atoms with Crippen LogP contribution in [0, 0.1) is 5.92 Å². The molecule has 1 saturated heterocycles. The first-order valence-electron chi connectivity index (χ1n) is 9.44. The zero-order valence-corrected chi connectivity index (χ0v) is 16.2. The van der Waals surface area contributed by atoms with E-state index in [-0.39, 0.29) is 11.8 Å². The van der Waals surface area contributed by atoms with Crippen LogP contribution in [-0.2, 0) is 9.59 Å². The van der Waals surface area contributed by atoms with E-state index in [1.54, 1.807) is 11.3 Å². The maximum Gasteiger partial charge on any atom is 0.232 e. The highest BCUT2D eigenvalue weighted by Crippen LogP contribution is 2.50. The van der Waals surface area contributed by atoms with E-state index in [1.807, 2.05) is 21.6 Å². The number of thiophene rings is 1. The molecule has 3 aliphatic rings. The lowest BCUT2D eigenvalue weighted by atomic mass is 10.2. The second-order valence-electron chi connectivity index (χ2n) is 7.39. The molecule has 136 valence electrons. The van der Waals surface area contributed by atoms with Crippen molar-refractivity contribution in [2.24, 2.45) is 5.92 Å². The molecule has 4 rings (SSSR count). The molecule has 0 bridgehead atoms. The molecule has 0 aromatic carbocycles. The first-order chi connectivity index (χ1) is 12.2. The van der Waals surface area contributed by atoms with Gasteiger partial charge in [-0.15, -0.1) is 23.1 Å². The van der Waals surface area contributed by atoms with Crippen LogP contribution in [0.4, 0.5) is 0 Å². The Morgan fingerprint density at radius 2 is 1.84 bits per heavy atom. The SMILES string of the molecule is O=C(CSC1CCCC1)N1CCN(C(=O)[C@@H]2C[C@@H]2c2cccs2)CC1. The van der Waals surface area contributed by atoms with Crippen LogP contribution in [0.2, 0.25) is 0 Å². The summed E-state index contributed by atoms with van der Waals surface area (Å²) in [5.74, 6) is 1.79. The molecule has 1 aliphatic heterocycles. The van der Waals surface area contributed by atoms with Crippen LogP contribution in [0.5, 0.6) is 0 Å². The van der Waals surface area contributed by atoms with Crippen molar-refractivity contribution in [1.82, 2.24) is 9.80 Å². The van der Waals surface area contributed by atoms with Crippen molar-refractivity contribution in [3.05, 3.63) is 22.4 Å². The minimum absolute atomic E-state index is 0.179. The van der Waals surface area contributed by atoms with Crippen LogP contribution >= 0.6 is 23.1 Å². The molecule has 0 N–H and O–H groups in total. The second-order valence-corrected chi connectivity index (χ2v) is 9.66. The van der Waals surface area contributed by atoms with Crippen LogP contribution in [0.15, 0.2) is 17.5 Å². The summed E-state index contributed by atoms with van der Waals surface area (Å²) in [6.45, 7) is 2.80. The third-order valence-corrected chi connectivity index (χ3v) is 8.07. The lowest BCUT2D eigenvalue weighted by molar-refractivity contribution is -0.139. The second kappa shape index (κ2) is 7.70. The van der Waals surface area contributed by atoms with E-state index in [0.717, 1.165) is 6.42 Å². The van der Waals surface area contributed by atoms with Gasteiger partial charge in [-0.3, -0.25) is 9.59 Å². The van der Waals surface area contributed by atoms with E-state index < -0.39 is 0 Å². The monoisotopic (exact) mass is 378 g/mol. The number of hydrogen-bond donors (Lipinski definition) is 0. The van der Waals surface area contributed by atoms with Gasteiger partial charge in [-0.2, -0.15) is 0 Å². The van der Waals surface area contributed by atoms with Gasteiger partial charge in [0.1, 0.15) is 0 Å². The molecule has 0 unspecified atom stereocenters. The molecule has 1 aromatic heterocycles. The Balaban J connectivity index is 1.20. The summed E-state index contributed by atoms with van der Waals surface area (Å²) >= 11 is 3.59. The molecule has 2 amide bonds. The quantitative estimate of drug-likeness (QED) is 0.790. The zero-order chi connectivity index (χ0) is 17.2. The molecule has 4 nitrogen and oxygen atoms in total. The van der Waals surface area contributed by atoms with Crippen molar-refractivity contribution in [2.75, 3.05) is 31.9 Å². The largest absolute Gasteiger partial charge is 0.339 e. The molecule has 2 heterocycles. The van der Waals surface area contributed by atoms with E-state index >= 15 is 0 Å². The van der Waals surface area contributed by atoms with Crippen LogP contribution in [-0.4, -0.2) is 58.8 Å². The average molecular weight is 379 g/mol. The summed E-state index contributed by atoms with van der Waals surface area (Å²) < 4.78 is 0. The molecule has 2 aliphatic carbocycles. The zero-order valence-electron chi connectivity index (χ0n) is 14.6. The van der Waals surface area contributed by atoms with E-state index in [1.165, 1.54) is 30.6 Å². The highest BCUT2D eigenvalue weighted by molar-refractivity contribution is 8.00. The standard InChI is InChI=1S/C19H26N2O2S2/c22-18(13-25-14-4-1-2-5-14)20-7-9-21(10-8-20)19(23)16-12-15(16)17-6-3-11-24-17/h3,6,11,14-16H,1-2,4-5,7-10,12-13H2/t15-,16+/m0/s1. The Morgan fingerprint density at radius 3 is 2.52 bits per heavy atom. The molecule has 0 radical (unpaired) electrons. The highest BCUT2D eigenvalue weighted by Gasteiger charge is 2.46. The van der Waals surface area contributed by atoms with Gasteiger partial charge in [-0.25, -0.2) is 0 Å². The average Bonchev–Trinajstić information content (AvgIpc) is 3.06. The topological polar surface area (TPSA) is 40.6 Å². The number of piperazine rings is 1. The fourth-order valence-corrected chi connectivity index (χ4v) is 6.17. The summed E-state index contributed by atoms with van der Waals surface area (Å²) in [6, 6.07) is 4.20. The summed E-state index contributed by atoms with van der Waals surface area (Å²) in [4.78, 5) is 30.3. The molecule has 3 fully saturated rings. The van der Waals surface area contributed by atoms with Gasteiger partial charge in [0.05, 0.1) is 5.75 Å². The molecule has 6 heteroatoms. The predicted molar refractivity (Wildman–Crippen MR) is 103 cm³/mol. The lowest BCUT2D eigenvalue weighted by Crippen LogP contribution is -2.51. The first kappa shape index (κ1) is 17.4. The molecule has 25 heavy (non-hydrogen) atoms. The Bertz CT molecular complexity index is 605. The van der Waals surface area contributed by atoms with Gasteiger partial charge >= 0.3 is 0 Å². The molecular weight excluding hydrogens is 352 g/mol. The third kappa shape index (κ3) is 4.05. The summed E-state index contributed by atoms with van der Waals surface area (Å²) in [7, 11) is 0. The van der Waals surface area contributed by atoms with Crippen LogP contribution in [0.3, 0.4) is 0 Å². The van der Waals surface area contributed by atoms with Crippen molar-refractivity contribution in [2.45, 2.75) is 43.3 Å². The van der Waals surface area contributed by atoms with Gasteiger partial charge in [-0.1, -0.05) is 18.9 Å². The van der Waals surface area contributed by atoms with E-state index in [2.05, 4.69) is 17.5 Å².